The van der Waals surface area contributed by atoms with Gasteiger partial charge in [0.15, 0.2) is 0 Å². The Bertz CT molecular complexity index is 1800. The molecule has 4 rings (SSSR count). The molecule has 0 aromatic heterocycles. The monoisotopic (exact) mass is 668 g/mol. The third kappa shape index (κ3) is 7.48. The number of hydrogen-bond donors (Lipinski definition) is 2. The number of amides is 1. The number of methoxy groups -OCH3 is 1. The number of alkyl halides is 6. The van der Waals surface area contributed by atoms with Crippen molar-refractivity contribution in [1.29, 1.82) is 0 Å². The van der Waals surface area contributed by atoms with Crippen LogP contribution in [0.1, 0.15) is 32.6 Å². The van der Waals surface area contributed by atoms with Crippen LogP contribution < -0.4 is 10.1 Å². The summed E-state index contributed by atoms with van der Waals surface area (Å²) in [7, 11) is 3.97. The van der Waals surface area contributed by atoms with Gasteiger partial charge in [-0.05, 0) is 66.2 Å². The van der Waals surface area contributed by atoms with Crippen LogP contribution >= 0.6 is 0 Å². The highest BCUT2D eigenvalue weighted by Crippen LogP contribution is 2.50. The van der Waals surface area contributed by atoms with Crippen LogP contribution in [0.5, 0.6) is 5.75 Å². The number of carboxylic acid groups (broad SMARTS) is 1. The van der Waals surface area contributed by atoms with Crippen LogP contribution in [0, 0.1) is 11.6 Å². The van der Waals surface area contributed by atoms with Crippen molar-refractivity contribution in [2.75, 3.05) is 27.7 Å². The number of carbonyl (C=O) groups excluding carboxylic acids is 1. The molecule has 1 atom stereocenters. The summed E-state index contributed by atoms with van der Waals surface area (Å²) < 4.78 is 121. The fraction of sp³-hybridized carbons (Fsp3) is 0.273. The number of aliphatic carboxylic acids is 1. The summed E-state index contributed by atoms with van der Waals surface area (Å²) in [6.07, 6.45) is -11.5. The van der Waals surface area contributed by atoms with Crippen molar-refractivity contribution in [1.82, 2.24) is 10.2 Å². The topological polar surface area (TPSA) is 78.9 Å². The van der Waals surface area contributed by atoms with Crippen LogP contribution in [0.3, 0.4) is 0 Å². The van der Waals surface area contributed by atoms with Crippen molar-refractivity contribution in [3.63, 3.8) is 0 Å². The molecule has 2 N–H and O–H groups in total. The van der Waals surface area contributed by atoms with E-state index in [0.29, 0.717) is 6.07 Å². The summed E-state index contributed by atoms with van der Waals surface area (Å²) in [5.41, 5.74) is -5.54. The molecule has 0 bridgehead atoms. The lowest BCUT2D eigenvalue weighted by Crippen LogP contribution is -2.43. The van der Waals surface area contributed by atoms with Crippen molar-refractivity contribution in [3.05, 3.63) is 100 Å². The number of nitrogens with one attached hydrogen (secondary N) is 1. The zero-order chi connectivity index (χ0) is 34.8. The predicted molar refractivity (Wildman–Crippen MR) is 157 cm³/mol. The van der Waals surface area contributed by atoms with E-state index in [1.807, 2.05) is 0 Å². The number of nitrogens with zero attached hydrogens (tertiary/aromatic N) is 1. The van der Waals surface area contributed by atoms with Crippen molar-refractivity contribution in [2.24, 2.45) is 0 Å². The molecular weight excluding hydrogens is 640 g/mol. The maximum atomic E-state index is 14.9. The summed E-state index contributed by atoms with van der Waals surface area (Å²) in [6.45, 7) is -0.128. The Hall–Kier alpha value is -4.72. The van der Waals surface area contributed by atoms with Crippen LogP contribution in [-0.4, -0.2) is 55.7 Å². The molecule has 14 heteroatoms. The third-order valence-corrected chi connectivity index (χ3v) is 7.52. The van der Waals surface area contributed by atoms with Crippen molar-refractivity contribution < 1.29 is 54.6 Å². The molecule has 0 fully saturated rings. The van der Waals surface area contributed by atoms with E-state index in [4.69, 9.17) is 4.74 Å². The van der Waals surface area contributed by atoms with Gasteiger partial charge in [-0.3, -0.25) is 4.79 Å². The van der Waals surface area contributed by atoms with Gasteiger partial charge < -0.3 is 20.1 Å². The number of carbonyl (C=O) groups is 2. The SMILES string of the molecule is COc1cc(C(F)(F)F)c(CCN(C)C)c(C(F)(F)F)c1-c1cccc2c(C[C@H](NC(=O)c3c(F)cccc3F)C(=O)O)cccc12. The molecule has 0 saturated carbocycles. The Morgan fingerprint density at radius 3 is 2.04 bits per heavy atom. The molecule has 0 heterocycles. The lowest BCUT2D eigenvalue weighted by molar-refractivity contribution is -0.144. The Morgan fingerprint density at radius 1 is 0.894 bits per heavy atom. The molecule has 4 aromatic rings. The van der Waals surface area contributed by atoms with E-state index < -0.39 is 88.3 Å². The minimum Gasteiger partial charge on any atom is -0.496 e. The van der Waals surface area contributed by atoms with Crippen molar-refractivity contribution in [2.45, 2.75) is 31.2 Å². The van der Waals surface area contributed by atoms with E-state index in [2.05, 4.69) is 5.32 Å². The lowest BCUT2D eigenvalue weighted by Gasteiger charge is -2.26. The Balaban J connectivity index is 1.92. The predicted octanol–water partition coefficient (Wildman–Crippen LogP) is 7.36. The summed E-state index contributed by atoms with van der Waals surface area (Å²) in [5, 5.41) is 12.2. The molecule has 47 heavy (non-hydrogen) atoms. The zero-order valence-electron chi connectivity index (χ0n) is 25.1. The maximum Gasteiger partial charge on any atom is 0.417 e. The van der Waals surface area contributed by atoms with Gasteiger partial charge in [-0.1, -0.05) is 42.5 Å². The summed E-state index contributed by atoms with van der Waals surface area (Å²) in [6, 6.07) is 9.79. The highest BCUT2D eigenvalue weighted by Gasteiger charge is 2.44. The van der Waals surface area contributed by atoms with E-state index in [1.54, 1.807) is 0 Å². The van der Waals surface area contributed by atoms with E-state index in [1.165, 1.54) is 55.4 Å². The van der Waals surface area contributed by atoms with E-state index in [9.17, 15) is 49.8 Å². The van der Waals surface area contributed by atoms with Crippen molar-refractivity contribution in [3.8, 4) is 16.9 Å². The highest BCUT2D eigenvalue weighted by atomic mass is 19.4. The fourth-order valence-corrected chi connectivity index (χ4v) is 5.42. The Morgan fingerprint density at radius 2 is 1.49 bits per heavy atom. The van der Waals surface area contributed by atoms with E-state index >= 15 is 0 Å². The van der Waals surface area contributed by atoms with Crippen LogP contribution in [0.2, 0.25) is 0 Å². The number of rotatable bonds is 10. The van der Waals surface area contributed by atoms with Gasteiger partial charge in [0.05, 0.1) is 18.2 Å². The molecule has 0 spiro atoms. The average Bonchev–Trinajstić information content (AvgIpc) is 2.97. The molecular formula is C33H28F8N2O4. The molecule has 250 valence electrons. The molecule has 0 aliphatic rings. The summed E-state index contributed by atoms with van der Waals surface area (Å²) in [5.74, 6) is -6.05. The zero-order valence-corrected chi connectivity index (χ0v) is 25.1. The maximum absolute atomic E-state index is 14.9. The summed E-state index contributed by atoms with van der Waals surface area (Å²) in [4.78, 5) is 26.2. The first kappa shape index (κ1) is 35.1. The minimum absolute atomic E-state index is 0.114. The normalized spacial score (nSPS) is 12.8. The summed E-state index contributed by atoms with van der Waals surface area (Å²) >= 11 is 0. The molecule has 0 radical (unpaired) electrons. The molecule has 0 unspecified atom stereocenters. The van der Waals surface area contributed by atoms with Gasteiger partial charge in [-0.25, -0.2) is 13.6 Å². The average molecular weight is 669 g/mol. The number of likely N-dealkylation sites (N-methyl/N-ethyl adjacent to an activating group) is 1. The second-order valence-electron chi connectivity index (χ2n) is 10.9. The minimum atomic E-state index is -5.26. The number of benzene rings is 4. The second-order valence-corrected chi connectivity index (χ2v) is 10.9. The molecule has 0 aliphatic heterocycles. The van der Waals surface area contributed by atoms with Gasteiger partial charge in [-0.2, -0.15) is 26.3 Å². The first-order valence-corrected chi connectivity index (χ1v) is 14.0. The van der Waals surface area contributed by atoms with Crippen LogP contribution in [0.15, 0.2) is 60.7 Å². The van der Waals surface area contributed by atoms with Crippen LogP contribution in [0.25, 0.3) is 21.9 Å². The first-order chi connectivity index (χ1) is 21.9. The van der Waals surface area contributed by atoms with E-state index in [0.717, 1.165) is 25.3 Å². The van der Waals surface area contributed by atoms with Gasteiger partial charge in [0.25, 0.3) is 5.91 Å². The Labute approximate surface area is 263 Å². The van der Waals surface area contributed by atoms with Gasteiger partial charge in [0.1, 0.15) is 29.0 Å². The largest absolute Gasteiger partial charge is 0.496 e. The molecule has 1 amide bonds. The molecule has 6 nitrogen and oxygen atoms in total. The van der Waals surface area contributed by atoms with Crippen LogP contribution in [0.4, 0.5) is 35.1 Å². The standard InChI is InChI=1S/C33H28F8N2O4/c1-43(2)14-13-21-22(32(36,37)38)16-26(47-3)27(29(21)33(39,40)41)20-10-5-8-18-17(7-4-9-19(18)20)15-25(31(45)46)42-30(44)28-23(34)11-6-12-24(28)35/h4-12,16,25H,13-15H2,1-3H3,(H,42,44)(H,45,46)/t25-/m0/s1. The van der Waals surface area contributed by atoms with Gasteiger partial charge in [0, 0.05) is 18.5 Å². The molecule has 0 aliphatic carbocycles. The van der Waals surface area contributed by atoms with Crippen LogP contribution in [-0.2, 0) is 30.0 Å². The second kappa shape index (κ2) is 13.6. The lowest BCUT2D eigenvalue weighted by atomic mass is 9.85. The number of carboxylic acids is 1. The number of hydrogen-bond acceptors (Lipinski definition) is 4. The first-order valence-electron chi connectivity index (χ1n) is 14.0. The fourth-order valence-electron chi connectivity index (χ4n) is 5.42. The van der Waals surface area contributed by atoms with Gasteiger partial charge in [0.2, 0.25) is 0 Å². The Kier molecular flexibility index (Phi) is 10.1. The molecule has 4 aromatic carbocycles. The molecule has 0 saturated heterocycles. The highest BCUT2D eigenvalue weighted by molar-refractivity contribution is 6.01. The smallest absolute Gasteiger partial charge is 0.417 e. The third-order valence-electron chi connectivity index (χ3n) is 7.52. The van der Waals surface area contributed by atoms with Gasteiger partial charge in [-0.15, -0.1) is 0 Å². The van der Waals surface area contributed by atoms with Crippen molar-refractivity contribution >= 4 is 22.6 Å². The number of fused-ring (bicyclic) bond motifs is 1. The number of ether oxygens (including phenoxy) is 1. The van der Waals surface area contributed by atoms with E-state index in [-0.39, 0.29) is 28.4 Å². The quantitative estimate of drug-likeness (QED) is 0.173. The van der Waals surface area contributed by atoms with Gasteiger partial charge >= 0.3 is 18.3 Å². The number of halogens is 8.